The molecule has 1 aromatic carbocycles. The van der Waals surface area contributed by atoms with E-state index in [9.17, 15) is 0 Å². The van der Waals surface area contributed by atoms with E-state index in [1.54, 1.807) is 6.20 Å². The number of hydrogen-bond donors (Lipinski definition) is 2. The number of nitrogens with two attached hydrogens (primary N) is 1. The summed E-state index contributed by atoms with van der Waals surface area (Å²) in [4.78, 5) is 8.72. The van der Waals surface area contributed by atoms with Gasteiger partial charge >= 0.3 is 0 Å². The molecule has 3 aromatic rings. The molecular weight excluding hydrogens is 260 g/mol. The Balaban J connectivity index is 2.18. The first-order valence-corrected chi connectivity index (χ1v) is 6.93. The van der Waals surface area contributed by atoms with Crippen LogP contribution in [-0.2, 0) is 0 Å². The molecular formula is C17H18N4. The highest BCUT2D eigenvalue weighted by molar-refractivity contribution is 5.85. The van der Waals surface area contributed by atoms with Gasteiger partial charge in [0.1, 0.15) is 0 Å². The molecule has 4 heteroatoms. The first kappa shape index (κ1) is 13.7. The van der Waals surface area contributed by atoms with Crippen molar-refractivity contribution < 1.29 is 0 Å². The van der Waals surface area contributed by atoms with Crippen LogP contribution < -0.4 is 11.3 Å². The van der Waals surface area contributed by atoms with Crippen molar-refractivity contribution in [3.05, 3.63) is 71.3 Å². The molecule has 0 fully saturated rings. The third kappa shape index (κ3) is 2.51. The van der Waals surface area contributed by atoms with E-state index in [-0.39, 0.29) is 6.04 Å². The van der Waals surface area contributed by atoms with Crippen molar-refractivity contribution in [1.29, 1.82) is 0 Å². The fourth-order valence-corrected chi connectivity index (χ4v) is 2.75. The lowest BCUT2D eigenvalue weighted by atomic mass is 9.94. The molecule has 0 saturated heterocycles. The van der Waals surface area contributed by atoms with Gasteiger partial charge < -0.3 is 0 Å². The summed E-state index contributed by atoms with van der Waals surface area (Å²) in [6.45, 7) is 4.00. The second kappa shape index (κ2) is 5.60. The number of rotatable bonds is 3. The summed E-state index contributed by atoms with van der Waals surface area (Å²) < 4.78 is 0. The quantitative estimate of drug-likeness (QED) is 0.571. The number of hydrogen-bond acceptors (Lipinski definition) is 4. The van der Waals surface area contributed by atoms with E-state index in [4.69, 9.17) is 5.84 Å². The summed E-state index contributed by atoms with van der Waals surface area (Å²) in [6, 6.07) is 12.2. The molecule has 4 nitrogen and oxygen atoms in total. The van der Waals surface area contributed by atoms with E-state index in [2.05, 4.69) is 33.6 Å². The average molecular weight is 278 g/mol. The van der Waals surface area contributed by atoms with E-state index in [0.717, 1.165) is 33.3 Å². The predicted octanol–water partition coefficient (Wildman–Crippen LogP) is 2.80. The number of hydrazine groups is 1. The Morgan fingerprint density at radius 1 is 1.05 bits per heavy atom. The van der Waals surface area contributed by atoms with Crippen molar-refractivity contribution in [3.63, 3.8) is 0 Å². The van der Waals surface area contributed by atoms with Crippen LogP contribution >= 0.6 is 0 Å². The molecule has 3 rings (SSSR count). The Kier molecular flexibility index (Phi) is 3.64. The molecule has 0 radical (unpaired) electrons. The van der Waals surface area contributed by atoms with Crippen molar-refractivity contribution in [2.24, 2.45) is 5.84 Å². The first-order valence-electron chi connectivity index (χ1n) is 6.93. The molecule has 21 heavy (non-hydrogen) atoms. The summed E-state index contributed by atoms with van der Waals surface area (Å²) >= 11 is 0. The molecule has 1 unspecified atom stereocenters. The Morgan fingerprint density at radius 2 is 1.90 bits per heavy atom. The lowest BCUT2D eigenvalue weighted by Crippen LogP contribution is -2.29. The number of nitrogens with one attached hydrogen (secondary N) is 1. The monoisotopic (exact) mass is 278 g/mol. The van der Waals surface area contributed by atoms with Crippen LogP contribution in [0.25, 0.3) is 10.8 Å². The summed E-state index contributed by atoms with van der Waals surface area (Å²) in [7, 11) is 0. The zero-order valence-electron chi connectivity index (χ0n) is 12.2. The summed E-state index contributed by atoms with van der Waals surface area (Å²) in [5.74, 6) is 5.84. The van der Waals surface area contributed by atoms with Gasteiger partial charge in [-0.15, -0.1) is 0 Å². The lowest BCUT2D eigenvalue weighted by Gasteiger charge is -2.20. The maximum absolute atomic E-state index is 5.84. The van der Waals surface area contributed by atoms with E-state index >= 15 is 0 Å². The number of aromatic nitrogens is 2. The smallest absolute Gasteiger partial charge is 0.0733 e. The predicted molar refractivity (Wildman–Crippen MR) is 84.6 cm³/mol. The van der Waals surface area contributed by atoms with Gasteiger partial charge in [0.05, 0.1) is 6.04 Å². The van der Waals surface area contributed by atoms with E-state index < -0.39 is 0 Å². The van der Waals surface area contributed by atoms with Crippen LogP contribution in [0.4, 0.5) is 0 Å². The highest BCUT2D eigenvalue weighted by Crippen LogP contribution is 2.29. The van der Waals surface area contributed by atoms with Crippen LogP contribution in [0.2, 0.25) is 0 Å². The van der Waals surface area contributed by atoms with Gasteiger partial charge in [0, 0.05) is 29.2 Å². The summed E-state index contributed by atoms with van der Waals surface area (Å²) in [5, 5.41) is 2.25. The second-order valence-corrected chi connectivity index (χ2v) is 5.17. The zero-order valence-corrected chi connectivity index (χ0v) is 12.2. The molecule has 0 aliphatic carbocycles. The minimum absolute atomic E-state index is 0.0933. The maximum Gasteiger partial charge on any atom is 0.0733 e. The number of aryl methyl sites for hydroxylation is 2. The molecule has 1 atom stereocenters. The minimum Gasteiger partial charge on any atom is -0.271 e. The molecule has 106 valence electrons. The van der Waals surface area contributed by atoms with Gasteiger partial charge in [0.25, 0.3) is 0 Å². The van der Waals surface area contributed by atoms with Gasteiger partial charge in [0.15, 0.2) is 0 Å². The minimum atomic E-state index is -0.0933. The van der Waals surface area contributed by atoms with Crippen molar-refractivity contribution in [3.8, 4) is 0 Å². The average Bonchev–Trinajstić information content (AvgIpc) is 2.50. The van der Waals surface area contributed by atoms with Gasteiger partial charge in [-0.05, 0) is 42.5 Å². The molecule has 0 amide bonds. The Morgan fingerprint density at radius 3 is 2.67 bits per heavy atom. The number of pyridine rings is 2. The van der Waals surface area contributed by atoms with Gasteiger partial charge in [-0.25, -0.2) is 5.43 Å². The number of benzene rings is 1. The topological polar surface area (TPSA) is 63.8 Å². The summed E-state index contributed by atoms with van der Waals surface area (Å²) in [6.07, 6.45) is 3.67. The third-order valence-corrected chi connectivity index (χ3v) is 3.77. The van der Waals surface area contributed by atoms with Gasteiger partial charge in [-0.2, -0.15) is 0 Å². The fourth-order valence-electron chi connectivity index (χ4n) is 2.75. The number of fused-ring (bicyclic) bond motifs is 1. The molecule has 2 aromatic heterocycles. The molecule has 0 bridgehead atoms. The van der Waals surface area contributed by atoms with Crippen LogP contribution in [0.5, 0.6) is 0 Å². The van der Waals surface area contributed by atoms with Crippen molar-refractivity contribution in [1.82, 2.24) is 15.4 Å². The summed E-state index contributed by atoms with van der Waals surface area (Å²) in [5.41, 5.74) is 7.15. The maximum atomic E-state index is 5.84. The Labute approximate surface area is 124 Å². The number of nitrogens with zero attached hydrogens (tertiary/aromatic N) is 2. The van der Waals surface area contributed by atoms with E-state index in [1.807, 2.05) is 38.2 Å². The van der Waals surface area contributed by atoms with Crippen molar-refractivity contribution >= 4 is 10.8 Å². The Bertz CT molecular complexity index is 777. The Hall–Kier alpha value is -2.30. The largest absolute Gasteiger partial charge is 0.271 e. The zero-order chi connectivity index (χ0) is 14.8. The highest BCUT2D eigenvalue weighted by atomic mass is 15.2. The van der Waals surface area contributed by atoms with Crippen LogP contribution in [-0.4, -0.2) is 9.97 Å². The van der Waals surface area contributed by atoms with Crippen molar-refractivity contribution in [2.45, 2.75) is 19.9 Å². The second-order valence-electron chi connectivity index (χ2n) is 5.17. The molecule has 0 spiro atoms. The van der Waals surface area contributed by atoms with Gasteiger partial charge in [-0.3, -0.25) is 15.8 Å². The molecule has 0 saturated carbocycles. The SMILES string of the molecule is Cc1ccc(C(NN)c2cccc3cnccc23)c(C)n1. The van der Waals surface area contributed by atoms with Gasteiger partial charge in [-0.1, -0.05) is 24.3 Å². The first-order chi connectivity index (χ1) is 10.2. The molecule has 0 aliphatic rings. The standard InChI is InChI=1S/C17H18N4/c1-11-6-7-14(12(2)20-11)17(21-18)16-5-3-4-13-10-19-9-8-15(13)16/h3-10,17,21H,18H2,1-2H3. The van der Waals surface area contributed by atoms with Crippen LogP contribution in [0.15, 0.2) is 48.8 Å². The molecule has 2 heterocycles. The van der Waals surface area contributed by atoms with Crippen LogP contribution in [0.1, 0.15) is 28.6 Å². The van der Waals surface area contributed by atoms with E-state index in [0.29, 0.717) is 0 Å². The normalized spacial score (nSPS) is 12.5. The van der Waals surface area contributed by atoms with Gasteiger partial charge in [0.2, 0.25) is 0 Å². The van der Waals surface area contributed by atoms with Crippen LogP contribution in [0, 0.1) is 13.8 Å². The van der Waals surface area contributed by atoms with Crippen molar-refractivity contribution in [2.75, 3.05) is 0 Å². The third-order valence-electron chi connectivity index (χ3n) is 3.77. The van der Waals surface area contributed by atoms with Crippen LogP contribution in [0.3, 0.4) is 0 Å². The lowest BCUT2D eigenvalue weighted by molar-refractivity contribution is 0.634. The van der Waals surface area contributed by atoms with E-state index in [1.165, 1.54) is 0 Å². The fraction of sp³-hybridized carbons (Fsp3) is 0.176. The molecule has 0 aliphatic heterocycles. The highest BCUT2D eigenvalue weighted by Gasteiger charge is 2.17. The molecule has 3 N–H and O–H groups in total.